The third-order valence-electron chi connectivity index (χ3n) is 11.9. The number of carbonyl (C=O) groups is 1. The highest BCUT2D eigenvalue weighted by atomic mass is 16.7. The molecule has 1 unspecified atom stereocenters. The number of benzene rings is 6. The Kier molecular flexibility index (Phi) is 18.4. The summed E-state index contributed by atoms with van der Waals surface area (Å²) in [6.07, 6.45) is -8.26. The predicted octanol–water partition coefficient (Wildman–Crippen LogP) is 8.09. The summed E-state index contributed by atoms with van der Waals surface area (Å²) in [6.45, 7) is 2.83. The first kappa shape index (κ1) is 48.8. The van der Waals surface area contributed by atoms with Gasteiger partial charge >= 0.3 is 0 Å². The quantitative estimate of drug-likeness (QED) is 0.0647. The van der Waals surface area contributed by atoms with Crippen molar-refractivity contribution in [2.24, 2.45) is 0 Å². The van der Waals surface area contributed by atoms with E-state index in [0.717, 1.165) is 33.4 Å². The van der Waals surface area contributed by atoms with Crippen LogP contribution in [-0.2, 0) is 87.1 Å². The fourth-order valence-electron chi connectivity index (χ4n) is 8.46. The first-order valence-electron chi connectivity index (χ1n) is 23.2. The van der Waals surface area contributed by atoms with E-state index >= 15 is 0 Å². The van der Waals surface area contributed by atoms with Crippen molar-refractivity contribution in [3.05, 3.63) is 215 Å². The molecule has 2 fully saturated rings. The van der Waals surface area contributed by atoms with E-state index in [4.69, 9.17) is 42.6 Å². The second kappa shape index (κ2) is 25.7. The minimum Gasteiger partial charge on any atom is -0.374 e. The Hall–Kier alpha value is -5.61. The van der Waals surface area contributed by atoms with E-state index < -0.39 is 61.3 Å². The molecule has 0 radical (unpaired) electrons. The van der Waals surface area contributed by atoms with Crippen LogP contribution in [0.15, 0.2) is 182 Å². The molecule has 0 aromatic heterocycles. The molecule has 0 bridgehead atoms. The molecule has 0 spiro atoms. The molecule has 12 heteroatoms. The van der Waals surface area contributed by atoms with E-state index in [0.29, 0.717) is 6.61 Å². The summed E-state index contributed by atoms with van der Waals surface area (Å²) >= 11 is 0. The van der Waals surface area contributed by atoms with Crippen LogP contribution in [0.25, 0.3) is 0 Å². The number of aliphatic hydroxyl groups excluding tert-OH is 1. The second-order valence-electron chi connectivity index (χ2n) is 17.0. The number of carbonyl (C=O) groups excluding carboxylic acids is 1. The van der Waals surface area contributed by atoms with Gasteiger partial charge in [-0.25, -0.2) is 0 Å². The van der Waals surface area contributed by atoms with Gasteiger partial charge < -0.3 is 53.1 Å². The van der Waals surface area contributed by atoms with Gasteiger partial charge in [-0.2, -0.15) is 0 Å². The molecule has 12 nitrogen and oxygen atoms in total. The molecular weight excluding hydrogens is 863 g/mol. The Bertz CT molecular complexity index is 2330. The zero-order valence-electron chi connectivity index (χ0n) is 38.3. The van der Waals surface area contributed by atoms with Crippen molar-refractivity contribution >= 4 is 5.91 Å². The van der Waals surface area contributed by atoms with E-state index in [9.17, 15) is 9.90 Å². The van der Waals surface area contributed by atoms with Crippen molar-refractivity contribution in [1.29, 1.82) is 0 Å². The SMILES string of the molecule is CC(=O)N[C@H]1C(OC[C@H]2O[C@H](O)[C@H](OCc3ccccc3)[C@@H](OCc3ccccc3)[C@@H]2OCc2ccccc2)O[C@H](COCc2ccccc2)[C@@H](OCc2ccccc2)[C@@H]1OCc1ccccc1. The van der Waals surface area contributed by atoms with Crippen molar-refractivity contribution in [2.45, 2.75) is 108 Å². The molecule has 356 valence electrons. The zero-order chi connectivity index (χ0) is 46.8. The molecule has 1 amide bonds. The largest absolute Gasteiger partial charge is 0.374 e. The van der Waals surface area contributed by atoms with Crippen LogP contribution < -0.4 is 5.32 Å². The van der Waals surface area contributed by atoms with E-state index in [1.165, 1.54) is 6.92 Å². The van der Waals surface area contributed by atoms with Gasteiger partial charge in [0, 0.05) is 6.92 Å². The van der Waals surface area contributed by atoms with Gasteiger partial charge in [0.25, 0.3) is 0 Å². The third kappa shape index (κ3) is 14.2. The highest BCUT2D eigenvalue weighted by molar-refractivity contribution is 5.73. The van der Waals surface area contributed by atoms with Gasteiger partial charge in [-0.15, -0.1) is 0 Å². The van der Waals surface area contributed by atoms with Crippen LogP contribution in [0.4, 0.5) is 0 Å². The standard InChI is InChI=1S/C56H61NO11/c1-40(58)57-49-52(63-35-44-26-14-5-15-27-44)50(61-33-42-22-10-3-11-23-42)47(38-60-32-41-20-8-2-9-21-41)68-56(49)66-39-48-51(62-34-43-24-12-4-13-25-43)53(64-36-45-28-16-6-17-29-45)54(55(59)67-48)65-37-46-30-18-7-19-31-46/h2-31,47-56,59H,32-39H2,1H3,(H,57,58)/t47-,48-,49-,50-,51-,52-,53+,54-,55+,56?/m1/s1. The maximum atomic E-state index is 13.2. The lowest BCUT2D eigenvalue weighted by Crippen LogP contribution is -2.66. The van der Waals surface area contributed by atoms with Gasteiger partial charge in [0.05, 0.1) is 52.9 Å². The van der Waals surface area contributed by atoms with Crippen LogP contribution in [0.3, 0.4) is 0 Å². The Morgan fingerprint density at radius 1 is 0.426 bits per heavy atom. The summed E-state index contributed by atoms with van der Waals surface area (Å²) in [5, 5.41) is 14.9. The number of rotatable bonds is 23. The monoisotopic (exact) mass is 923 g/mol. The van der Waals surface area contributed by atoms with E-state index in [2.05, 4.69) is 5.32 Å². The lowest BCUT2D eigenvalue weighted by atomic mass is 9.95. The minimum absolute atomic E-state index is 0.115. The number of aliphatic hydroxyl groups is 1. The Morgan fingerprint density at radius 2 is 0.765 bits per heavy atom. The summed E-state index contributed by atoms with van der Waals surface area (Å²) < 4.78 is 59.9. The van der Waals surface area contributed by atoms with Crippen molar-refractivity contribution < 1.29 is 52.5 Å². The van der Waals surface area contributed by atoms with Gasteiger partial charge in [0.2, 0.25) is 5.91 Å². The smallest absolute Gasteiger partial charge is 0.217 e. The van der Waals surface area contributed by atoms with Gasteiger partial charge in [-0.3, -0.25) is 4.79 Å². The van der Waals surface area contributed by atoms with Crippen molar-refractivity contribution in [2.75, 3.05) is 13.2 Å². The molecule has 0 aliphatic carbocycles. The summed E-state index contributed by atoms with van der Waals surface area (Å²) in [4.78, 5) is 13.2. The summed E-state index contributed by atoms with van der Waals surface area (Å²) in [7, 11) is 0. The van der Waals surface area contributed by atoms with Gasteiger partial charge in [-0.05, 0) is 33.4 Å². The Labute approximate surface area is 399 Å². The number of hydrogen-bond acceptors (Lipinski definition) is 11. The molecule has 2 N–H and O–H groups in total. The molecule has 6 aromatic carbocycles. The molecule has 8 rings (SSSR count). The lowest BCUT2D eigenvalue weighted by molar-refractivity contribution is -0.333. The lowest BCUT2D eigenvalue weighted by Gasteiger charge is -2.47. The fourth-order valence-corrected chi connectivity index (χ4v) is 8.46. The van der Waals surface area contributed by atoms with E-state index in [1.807, 2.05) is 182 Å². The van der Waals surface area contributed by atoms with Gasteiger partial charge in [0.1, 0.15) is 48.8 Å². The van der Waals surface area contributed by atoms with Crippen molar-refractivity contribution in [3.63, 3.8) is 0 Å². The summed E-state index contributed by atoms with van der Waals surface area (Å²) in [5.41, 5.74) is 5.67. The van der Waals surface area contributed by atoms with Crippen LogP contribution in [0.2, 0.25) is 0 Å². The van der Waals surface area contributed by atoms with Crippen LogP contribution in [0.5, 0.6) is 0 Å². The zero-order valence-corrected chi connectivity index (χ0v) is 38.3. The second-order valence-corrected chi connectivity index (χ2v) is 17.0. The highest BCUT2D eigenvalue weighted by Gasteiger charge is 2.51. The molecule has 10 atom stereocenters. The number of ether oxygens (including phenoxy) is 9. The van der Waals surface area contributed by atoms with E-state index in [-0.39, 0.29) is 52.2 Å². The van der Waals surface area contributed by atoms with Crippen LogP contribution in [0.1, 0.15) is 40.3 Å². The van der Waals surface area contributed by atoms with Crippen molar-refractivity contribution in [1.82, 2.24) is 5.32 Å². The molecule has 2 aliphatic rings. The normalized spacial score (nSPS) is 24.9. The minimum atomic E-state index is -1.43. The van der Waals surface area contributed by atoms with Gasteiger partial charge in [-0.1, -0.05) is 182 Å². The number of amides is 1. The topological polar surface area (TPSA) is 132 Å². The van der Waals surface area contributed by atoms with Crippen molar-refractivity contribution in [3.8, 4) is 0 Å². The summed E-state index contributed by atoms with van der Waals surface area (Å²) in [5.74, 6) is -0.317. The van der Waals surface area contributed by atoms with Crippen LogP contribution >= 0.6 is 0 Å². The van der Waals surface area contributed by atoms with Gasteiger partial charge in [0.15, 0.2) is 12.6 Å². The van der Waals surface area contributed by atoms with Crippen LogP contribution in [-0.4, -0.2) is 85.6 Å². The molecule has 0 saturated carbocycles. The Balaban J connectivity index is 1.09. The maximum absolute atomic E-state index is 13.2. The molecule has 2 saturated heterocycles. The van der Waals surface area contributed by atoms with E-state index in [1.54, 1.807) is 0 Å². The molecule has 6 aromatic rings. The third-order valence-corrected chi connectivity index (χ3v) is 11.9. The number of hydrogen-bond donors (Lipinski definition) is 2. The molecule has 68 heavy (non-hydrogen) atoms. The number of nitrogens with one attached hydrogen (secondary N) is 1. The Morgan fingerprint density at radius 3 is 1.18 bits per heavy atom. The molecule has 2 heterocycles. The highest BCUT2D eigenvalue weighted by Crippen LogP contribution is 2.33. The first-order chi connectivity index (χ1) is 33.5. The molecular formula is C56H61NO11. The average molecular weight is 924 g/mol. The fraction of sp³-hybridized carbons (Fsp3) is 0.339. The predicted molar refractivity (Wildman–Crippen MR) is 254 cm³/mol. The average Bonchev–Trinajstić information content (AvgIpc) is 3.38. The summed E-state index contributed by atoms with van der Waals surface area (Å²) in [6, 6.07) is 58.0. The molecule has 2 aliphatic heterocycles. The van der Waals surface area contributed by atoms with Crippen LogP contribution in [0, 0.1) is 0 Å². The maximum Gasteiger partial charge on any atom is 0.217 e. The first-order valence-corrected chi connectivity index (χ1v) is 23.2.